The van der Waals surface area contributed by atoms with Crippen molar-refractivity contribution in [1.82, 2.24) is 24.9 Å². The minimum atomic E-state index is -0.877. The van der Waals surface area contributed by atoms with Crippen molar-refractivity contribution in [2.75, 3.05) is 38.5 Å². The van der Waals surface area contributed by atoms with E-state index in [2.05, 4.69) is 20.6 Å². The Morgan fingerprint density at radius 1 is 0.958 bits per heavy atom. The third-order valence-electron chi connectivity index (χ3n) is 9.26. The summed E-state index contributed by atoms with van der Waals surface area (Å²) in [5.74, 6) is -3.62. The Bertz CT molecular complexity index is 1590. The van der Waals surface area contributed by atoms with Crippen LogP contribution in [0.25, 0.3) is 0 Å². The number of aromatic nitrogens is 2. The van der Waals surface area contributed by atoms with Gasteiger partial charge in [-0.25, -0.2) is 4.39 Å². The van der Waals surface area contributed by atoms with Gasteiger partial charge in [0.05, 0.1) is 11.6 Å². The highest BCUT2D eigenvalue weighted by Crippen LogP contribution is 2.34. The molecule has 1 aliphatic rings. The Hall–Kier alpha value is -4.09. The molecule has 258 valence electrons. The van der Waals surface area contributed by atoms with Gasteiger partial charge >= 0.3 is 0 Å². The van der Waals surface area contributed by atoms with Gasteiger partial charge in [-0.05, 0) is 67.8 Å². The standard InChI is InChI=1S/C36H46ClFN6O4/c1-6-27(24-9-12-26(37)13-10-24)28(22-32(45)31-15-16-39-44(31)8-3)35(47)40-30-14-11-25(21-29(30)38)23(4)34(41-33(46)7-2)36(48)43-19-17-42(5)18-20-43/h9-16,21,23,27-28,34H,6-8,17-20,22H2,1-5H3,(H,40,47)(H,41,46)/t23-,27?,28?,34+/m0/s1. The molecule has 3 aromatic rings. The van der Waals surface area contributed by atoms with Crippen molar-refractivity contribution in [3.05, 3.63) is 82.4 Å². The Labute approximate surface area is 287 Å². The van der Waals surface area contributed by atoms with Crippen LogP contribution in [0.15, 0.2) is 54.7 Å². The number of nitrogens with zero attached hydrogens (tertiary/aromatic N) is 4. The van der Waals surface area contributed by atoms with Crippen molar-refractivity contribution in [3.63, 3.8) is 0 Å². The zero-order chi connectivity index (χ0) is 35.0. The molecule has 2 aromatic carbocycles. The lowest BCUT2D eigenvalue weighted by Crippen LogP contribution is -2.55. The highest BCUT2D eigenvalue weighted by atomic mass is 35.5. The summed E-state index contributed by atoms with van der Waals surface area (Å²) >= 11 is 6.13. The fourth-order valence-electron chi connectivity index (χ4n) is 6.24. The highest BCUT2D eigenvalue weighted by molar-refractivity contribution is 6.30. The van der Waals surface area contributed by atoms with E-state index in [4.69, 9.17) is 11.6 Å². The van der Waals surface area contributed by atoms with Gasteiger partial charge < -0.3 is 20.4 Å². The Morgan fingerprint density at radius 3 is 2.23 bits per heavy atom. The predicted octanol–water partition coefficient (Wildman–Crippen LogP) is 5.49. The average molecular weight is 681 g/mol. The molecular weight excluding hydrogens is 635 g/mol. The molecule has 12 heteroatoms. The molecule has 1 saturated heterocycles. The number of likely N-dealkylation sites (N-methyl/N-ethyl adjacent to an activating group) is 1. The second kappa shape index (κ2) is 16.8. The van der Waals surface area contributed by atoms with Crippen LogP contribution in [0.4, 0.5) is 10.1 Å². The number of halogens is 2. The molecular formula is C36H46ClFN6O4. The second-order valence-corrected chi connectivity index (χ2v) is 12.8. The van der Waals surface area contributed by atoms with Crippen LogP contribution in [0.5, 0.6) is 0 Å². The van der Waals surface area contributed by atoms with Crippen LogP contribution in [0, 0.1) is 11.7 Å². The van der Waals surface area contributed by atoms with E-state index in [-0.39, 0.29) is 42.0 Å². The highest BCUT2D eigenvalue weighted by Gasteiger charge is 2.34. The summed E-state index contributed by atoms with van der Waals surface area (Å²) in [7, 11) is 1.99. The number of ketones is 1. The first-order chi connectivity index (χ1) is 23.0. The molecule has 0 aliphatic carbocycles. The Morgan fingerprint density at radius 2 is 1.62 bits per heavy atom. The number of benzene rings is 2. The maximum atomic E-state index is 15.8. The van der Waals surface area contributed by atoms with Gasteiger partial charge in [0, 0.05) is 62.7 Å². The van der Waals surface area contributed by atoms with Gasteiger partial charge in [0.2, 0.25) is 17.7 Å². The third kappa shape index (κ3) is 8.87. The molecule has 10 nitrogen and oxygen atoms in total. The van der Waals surface area contributed by atoms with Gasteiger partial charge in [0.1, 0.15) is 17.6 Å². The van der Waals surface area contributed by atoms with Gasteiger partial charge in [0.15, 0.2) is 5.78 Å². The fraction of sp³-hybridized carbons (Fsp3) is 0.472. The molecule has 0 bridgehead atoms. The van der Waals surface area contributed by atoms with E-state index in [9.17, 15) is 19.2 Å². The van der Waals surface area contributed by atoms with E-state index >= 15 is 4.39 Å². The average Bonchev–Trinajstić information content (AvgIpc) is 3.57. The first-order valence-corrected chi connectivity index (χ1v) is 17.0. The minimum absolute atomic E-state index is 0.0440. The van der Waals surface area contributed by atoms with Crippen LogP contribution in [0.2, 0.25) is 5.02 Å². The smallest absolute Gasteiger partial charge is 0.245 e. The first-order valence-electron chi connectivity index (χ1n) is 16.6. The SMILES string of the molecule is CCC(=O)N[C@@H](C(=O)N1CCN(C)CC1)[C@@H](C)c1ccc(NC(=O)C(CC(=O)c2ccnn2CC)C(CC)c2ccc(Cl)cc2)c(F)c1. The number of amides is 3. The summed E-state index contributed by atoms with van der Waals surface area (Å²) in [6.45, 7) is 10.3. The number of rotatable bonds is 14. The van der Waals surface area contributed by atoms with Gasteiger partial charge in [-0.1, -0.05) is 50.6 Å². The van der Waals surface area contributed by atoms with E-state index in [0.717, 1.165) is 18.7 Å². The molecule has 4 rings (SSSR count). The number of carbonyl (C=O) groups is 4. The number of carbonyl (C=O) groups excluding carboxylic acids is 4. The quantitative estimate of drug-likeness (QED) is 0.218. The summed E-state index contributed by atoms with van der Waals surface area (Å²) in [5, 5.41) is 10.3. The van der Waals surface area contributed by atoms with Gasteiger partial charge in [-0.3, -0.25) is 23.9 Å². The maximum Gasteiger partial charge on any atom is 0.245 e. The molecule has 1 aromatic heterocycles. The lowest BCUT2D eigenvalue weighted by atomic mass is 9.80. The van der Waals surface area contributed by atoms with Crippen molar-refractivity contribution in [1.29, 1.82) is 0 Å². The molecule has 3 amide bonds. The molecule has 1 fully saturated rings. The molecule has 0 saturated carbocycles. The fourth-order valence-corrected chi connectivity index (χ4v) is 6.37. The minimum Gasteiger partial charge on any atom is -0.344 e. The first kappa shape index (κ1) is 36.7. The number of aryl methyl sites for hydroxylation is 1. The van der Waals surface area contributed by atoms with Crippen LogP contribution in [-0.4, -0.2) is 82.4 Å². The number of piperazine rings is 1. The van der Waals surface area contributed by atoms with Crippen molar-refractivity contribution in [2.24, 2.45) is 5.92 Å². The molecule has 48 heavy (non-hydrogen) atoms. The van der Waals surface area contributed by atoms with E-state index in [1.807, 2.05) is 33.0 Å². The van der Waals surface area contributed by atoms with E-state index in [1.165, 1.54) is 12.1 Å². The van der Waals surface area contributed by atoms with Crippen LogP contribution in [-0.2, 0) is 20.9 Å². The van der Waals surface area contributed by atoms with Crippen molar-refractivity contribution in [3.8, 4) is 0 Å². The predicted molar refractivity (Wildman–Crippen MR) is 185 cm³/mol. The number of nitrogens with one attached hydrogen (secondary N) is 2. The molecule has 0 spiro atoms. The van der Waals surface area contributed by atoms with Crippen molar-refractivity contribution >= 4 is 40.8 Å². The Kier molecular flexibility index (Phi) is 12.9. The van der Waals surface area contributed by atoms with Crippen LogP contribution in [0.3, 0.4) is 0 Å². The third-order valence-corrected chi connectivity index (χ3v) is 9.51. The largest absolute Gasteiger partial charge is 0.344 e. The van der Waals surface area contributed by atoms with Crippen LogP contribution in [0.1, 0.15) is 80.4 Å². The molecule has 1 aliphatic heterocycles. The van der Waals surface area contributed by atoms with Crippen LogP contribution < -0.4 is 10.6 Å². The van der Waals surface area contributed by atoms with Crippen molar-refractivity contribution in [2.45, 2.75) is 71.4 Å². The lowest BCUT2D eigenvalue weighted by molar-refractivity contribution is -0.138. The summed E-state index contributed by atoms with van der Waals surface area (Å²) in [5.41, 5.74) is 1.70. The van der Waals surface area contributed by atoms with E-state index in [0.29, 0.717) is 42.3 Å². The molecule has 2 heterocycles. The monoisotopic (exact) mass is 680 g/mol. The molecule has 2 unspecified atom stereocenters. The summed E-state index contributed by atoms with van der Waals surface area (Å²) < 4.78 is 17.4. The van der Waals surface area contributed by atoms with Gasteiger partial charge in [0.25, 0.3) is 0 Å². The lowest BCUT2D eigenvalue weighted by Gasteiger charge is -2.36. The topological polar surface area (TPSA) is 117 Å². The molecule has 0 radical (unpaired) electrons. The normalized spacial score (nSPS) is 16.1. The molecule has 4 atom stereocenters. The zero-order valence-electron chi connectivity index (χ0n) is 28.3. The van der Waals surface area contributed by atoms with Gasteiger partial charge in [-0.2, -0.15) is 5.10 Å². The number of Topliss-reactive ketones (excluding diaryl/α,β-unsaturated/α-hetero) is 1. The summed E-state index contributed by atoms with van der Waals surface area (Å²) in [6, 6.07) is 12.3. The second-order valence-electron chi connectivity index (χ2n) is 12.4. The summed E-state index contributed by atoms with van der Waals surface area (Å²) in [4.78, 5) is 57.3. The Balaban J connectivity index is 1.59. The van der Waals surface area contributed by atoms with E-state index < -0.39 is 29.6 Å². The van der Waals surface area contributed by atoms with Gasteiger partial charge in [-0.15, -0.1) is 0 Å². The summed E-state index contributed by atoms with van der Waals surface area (Å²) in [6.07, 6.45) is 2.20. The van der Waals surface area contributed by atoms with Crippen LogP contribution >= 0.6 is 11.6 Å². The zero-order valence-corrected chi connectivity index (χ0v) is 29.1. The maximum absolute atomic E-state index is 15.8. The molecule has 2 N–H and O–H groups in total. The number of anilines is 1. The van der Waals surface area contributed by atoms with Crippen molar-refractivity contribution < 1.29 is 23.6 Å². The number of hydrogen-bond donors (Lipinski definition) is 2. The number of hydrogen-bond acceptors (Lipinski definition) is 6. The van der Waals surface area contributed by atoms with E-state index in [1.54, 1.807) is 53.9 Å².